The molecule has 0 atom stereocenters. The van der Waals surface area contributed by atoms with Crippen molar-refractivity contribution in [3.63, 3.8) is 0 Å². The zero-order chi connectivity index (χ0) is 21.9. The molecule has 1 saturated heterocycles. The third-order valence-electron chi connectivity index (χ3n) is 4.78. The van der Waals surface area contributed by atoms with Crippen molar-refractivity contribution in [3.8, 4) is 11.5 Å². The summed E-state index contributed by atoms with van der Waals surface area (Å²) in [5, 5.41) is 16.3. The predicted molar refractivity (Wildman–Crippen MR) is 106 cm³/mol. The Morgan fingerprint density at radius 3 is 2.40 bits per heavy atom. The number of hydrogen-bond acceptors (Lipinski definition) is 7. The van der Waals surface area contributed by atoms with Gasteiger partial charge in [0.1, 0.15) is 18.0 Å². The molecule has 0 spiro atoms. The maximum Gasteiger partial charge on any atom is 0.351 e. The van der Waals surface area contributed by atoms with Crippen LogP contribution in [0.4, 0.5) is 0 Å². The number of aromatic nitrogens is 1. The van der Waals surface area contributed by atoms with Crippen LogP contribution in [0.1, 0.15) is 11.3 Å². The molecule has 0 amide bonds. The summed E-state index contributed by atoms with van der Waals surface area (Å²) in [6, 6.07) is 12.1. The van der Waals surface area contributed by atoms with Gasteiger partial charge >= 0.3 is 5.97 Å². The number of quaternary nitrogens is 1. The second-order valence-corrected chi connectivity index (χ2v) is 6.79. The Hall–Kier alpha value is -3.17. The van der Waals surface area contributed by atoms with Crippen LogP contribution in [0.25, 0.3) is 0 Å². The largest absolute Gasteiger partial charge is 0.539 e. The standard InChI is InChI=1S/C19H25N3O2.C2H2O4/c1-23-18-6-7-19(24-2)16(13-18)14-21-9-11-22(12-10-21)15-17-5-3-4-8-20-17;3-1(4)2(5)6/h3-8,13H,9-12,14-15H2,1-2H3;(H,3,4)(H,5,6). The molecule has 0 bridgehead atoms. The van der Waals surface area contributed by atoms with Crippen molar-refractivity contribution >= 4 is 11.9 Å². The lowest BCUT2D eigenvalue weighted by Crippen LogP contribution is -3.13. The first-order chi connectivity index (χ1) is 14.4. The van der Waals surface area contributed by atoms with Gasteiger partial charge in [0.25, 0.3) is 0 Å². The molecule has 0 aliphatic carbocycles. The van der Waals surface area contributed by atoms with Crippen molar-refractivity contribution in [2.75, 3.05) is 40.4 Å². The molecule has 3 rings (SSSR count). The second kappa shape index (κ2) is 11.7. The third kappa shape index (κ3) is 7.34. The molecule has 1 aromatic heterocycles. The van der Waals surface area contributed by atoms with Crippen LogP contribution in [-0.2, 0) is 22.7 Å². The van der Waals surface area contributed by atoms with E-state index in [1.807, 2.05) is 24.4 Å². The topological polar surface area (TPSA) is 116 Å². The van der Waals surface area contributed by atoms with E-state index >= 15 is 0 Å². The molecule has 0 radical (unpaired) electrons. The zero-order valence-corrected chi connectivity index (χ0v) is 17.2. The van der Waals surface area contributed by atoms with Gasteiger partial charge < -0.3 is 29.4 Å². The van der Waals surface area contributed by atoms with E-state index in [2.05, 4.69) is 28.1 Å². The van der Waals surface area contributed by atoms with Crippen LogP contribution in [0.15, 0.2) is 42.6 Å². The Morgan fingerprint density at radius 1 is 1.17 bits per heavy atom. The van der Waals surface area contributed by atoms with Crippen LogP contribution < -0.4 is 19.5 Å². The SMILES string of the molecule is COc1ccc(OC)c(C[NH+]2CCN(Cc3ccccn3)CC2)c1.O=C([O-])C(=O)O. The number of nitrogens with one attached hydrogen (secondary N) is 1. The van der Waals surface area contributed by atoms with Crippen LogP contribution in [0.5, 0.6) is 11.5 Å². The summed E-state index contributed by atoms with van der Waals surface area (Å²) in [6.07, 6.45) is 1.87. The maximum absolute atomic E-state index is 9.04. The number of piperazine rings is 1. The Labute approximate surface area is 175 Å². The molecule has 1 fully saturated rings. The first-order valence-electron chi connectivity index (χ1n) is 9.54. The van der Waals surface area contributed by atoms with Crippen LogP contribution in [0.2, 0.25) is 0 Å². The highest BCUT2D eigenvalue weighted by atomic mass is 16.5. The van der Waals surface area contributed by atoms with Crippen molar-refractivity contribution in [2.24, 2.45) is 0 Å². The van der Waals surface area contributed by atoms with Crippen molar-refractivity contribution in [1.82, 2.24) is 9.88 Å². The summed E-state index contributed by atoms with van der Waals surface area (Å²) in [7, 11) is 3.43. The molecule has 9 nitrogen and oxygen atoms in total. The molecular weight excluding hydrogens is 390 g/mol. The highest BCUT2D eigenvalue weighted by Crippen LogP contribution is 2.23. The number of rotatable bonds is 6. The molecule has 2 aromatic rings. The normalized spacial score (nSPS) is 14.3. The van der Waals surface area contributed by atoms with Gasteiger partial charge in [-0.05, 0) is 30.3 Å². The summed E-state index contributed by atoms with van der Waals surface area (Å²) >= 11 is 0. The fraction of sp³-hybridized carbons (Fsp3) is 0.381. The van der Waals surface area contributed by atoms with Gasteiger partial charge in [0.05, 0.1) is 38.6 Å². The summed E-state index contributed by atoms with van der Waals surface area (Å²) < 4.78 is 10.8. The minimum Gasteiger partial charge on any atom is -0.539 e. The van der Waals surface area contributed by atoms with Crippen molar-refractivity contribution in [1.29, 1.82) is 0 Å². The summed E-state index contributed by atoms with van der Waals surface area (Å²) in [6.45, 7) is 6.37. The zero-order valence-electron chi connectivity index (χ0n) is 17.2. The maximum atomic E-state index is 9.04. The lowest BCUT2D eigenvalue weighted by Gasteiger charge is -2.32. The van der Waals surface area contributed by atoms with Crippen LogP contribution in [0.3, 0.4) is 0 Å². The highest BCUT2D eigenvalue weighted by molar-refractivity contribution is 6.26. The lowest BCUT2D eigenvalue weighted by molar-refractivity contribution is -0.918. The minimum atomic E-state index is -2.07. The molecule has 0 unspecified atom stereocenters. The molecule has 30 heavy (non-hydrogen) atoms. The summed E-state index contributed by atoms with van der Waals surface area (Å²) in [5.41, 5.74) is 2.36. The summed E-state index contributed by atoms with van der Waals surface area (Å²) in [5.74, 6) is -2.18. The van der Waals surface area contributed by atoms with Gasteiger partial charge in [-0.15, -0.1) is 0 Å². The van der Waals surface area contributed by atoms with Crippen LogP contribution >= 0.6 is 0 Å². The van der Waals surface area contributed by atoms with Crippen molar-refractivity contribution < 1.29 is 34.2 Å². The Kier molecular flexibility index (Phi) is 9.04. The van der Waals surface area contributed by atoms with Crippen molar-refractivity contribution in [2.45, 2.75) is 13.1 Å². The van der Waals surface area contributed by atoms with Crippen molar-refractivity contribution in [3.05, 3.63) is 53.9 Å². The van der Waals surface area contributed by atoms with E-state index in [0.717, 1.165) is 56.5 Å². The van der Waals surface area contributed by atoms with E-state index in [-0.39, 0.29) is 0 Å². The number of methoxy groups -OCH3 is 2. The molecule has 0 saturated carbocycles. The molecule has 2 heterocycles. The average Bonchev–Trinajstić information content (AvgIpc) is 2.76. The number of benzene rings is 1. The number of ether oxygens (including phenoxy) is 2. The molecular formula is C21H27N3O6. The highest BCUT2D eigenvalue weighted by Gasteiger charge is 2.21. The van der Waals surface area contributed by atoms with Gasteiger partial charge in [-0.3, -0.25) is 9.88 Å². The second-order valence-electron chi connectivity index (χ2n) is 6.79. The fourth-order valence-corrected chi connectivity index (χ4v) is 3.21. The smallest absolute Gasteiger partial charge is 0.351 e. The van der Waals surface area contributed by atoms with Crippen LogP contribution in [0, 0.1) is 0 Å². The first-order valence-corrected chi connectivity index (χ1v) is 9.54. The molecule has 162 valence electrons. The number of carboxylic acid groups (broad SMARTS) is 2. The Morgan fingerprint density at radius 2 is 1.87 bits per heavy atom. The first kappa shape index (κ1) is 23.1. The molecule has 1 aliphatic rings. The number of nitrogens with zero attached hydrogens (tertiary/aromatic N) is 2. The van der Waals surface area contributed by atoms with E-state index in [4.69, 9.17) is 29.3 Å². The Bertz CT molecular complexity index is 811. The van der Waals surface area contributed by atoms with Gasteiger partial charge in [-0.1, -0.05) is 6.07 Å². The number of carbonyl (C=O) groups is 2. The molecule has 1 aromatic carbocycles. The van der Waals surface area contributed by atoms with Gasteiger partial charge in [-0.2, -0.15) is 0 Å². The van der Waals surface area contributed by atoms with Gasteiger partial charge in [0.2, 0.25) is 0 Å². The van der Waals surface area contributed by atoms with E-state index in [1.54, 1.807) is 19.1 Å². The number of pyridine rings is 1. The fourth-order valence-electron chi connectivity index (χ4n) is 3.21. The van der Waals surface area contributed by atoms with Crippen LogP contribution in [-0.4, -0.2) is 67.3 Å². The van der Waals surface area contributed by atoms with Gasteiger partial charge in [0, 0.05) is 25.8 Å². The summed E-state index contributed by atoms with van der Waals surface area (Å²) in [4.78, 5) is 26.5. The van der Waals surface area contributed by atoms with Gasteiger partial charge in [0.15, 0.2) is 5.97 Å². The van der Waals surface area contributed by atoms with E-state index in [9.17, 15) is 0 Å². The molecule has 1 aliphatic heterocycles. The van der Waals surface area contributed by atoms with E-state index in [1.165, 1.54) is 5.56 Å². The average molecular weight is 417 g/mol. The van der Waals surface area contributed by atoms with E-state index < -0.39 is 11.9 Å². The number of carboxylic acids is 2. The predicted octanol–water partition coefficient (Wildman–Crippen LogP) is -1.18. The molecule has 9 heteroatoms. The monoisotopic (exact) mass is 417 g/mol. The van der Waals surface area contributed by atoms with E-state index in [0.29, 0.717) is 0 Å². The lowest BCUT2D eigenvalue weighted by atomic mass is 10.1. The molecule has 2 N–H and O–H groups in total. The quantitative estimate of drug-likeness (QED) is 0.565. The van der Waals surface area contributed by atoms with Gasteiger partial charge in [-0.25, -0.2) is 4.79 Å². The minimum absolute atomic E-state index is 0.888. The Balaban J connectivity index is 0.000000469. The number of aliphatic carboxylic acids is 2. The number of carbonyl (C=O) groups excluding carboxylic acids is 1. The number of hydrogen-bond donors (Lipinski definition) is 2. The third-order valence-corrected chi connectivity index (χ3v) is 4.78.